The monoisotopic (exact) mass is 734 g/mol. The predicted molar refractivity (Wildman–Crippen MR) is 205 cm³/mol. The van der Waals surface area contributed by atoms with Gasteiger partial charge in [-0.05, 0) is 139 Å². The minimum Gasteiger partial charge on any atom is -0.446 e. The molecule has 0 saturated heterocycles. The highest BCUT2D eigenvalue weighted by atomic mass is 16.6. The largest absolute Gasteiger partial charge is 0.446 e. The van der Waals surface area contributed by atoms with Gasteiger partial charge in [0.1, 0.15) is 12.2 Å². The van der Waals surface area contributed by atoms with Crippen LogP contribution in [0.2, 0.25) is 0 Å². The second-order valence-corrected chi connectivity index (χ2v) is 19.3. The van der Waals surface area contributed by atoms with E-state index in [1.165, 1.54) is 38.5 Å². The fraction of sp³-hybridized carbons (Fsp3) is 0.652. The van der Waals surface area contributed by atoms with Gasteiger partial charge in [0.2, 0.25) is 0 Å². The van der Waals surface area contributed by atoms with Crippen LogP contribution in [0.4, 0.5) is 9.59 Å². The number of nitrogens with one attached hydrogen (secondary N) is 2. The van der Waals surface area contributed by atoms with Crippen molar-refractivity contribution < 1.29 is 28.7 Å². The highest BCUT2D eigenvalue weighted by Gasteiger charge is 2.54. The molecule has 0 spiro atoms. The van der Waals surface area contributed by atoms with Gasteiger partial charge >= 0.3 is 12.2 Å². The van der Waals surface area contributed by atoms with Crippen LogP contribution in [0.1, 0.15) is 124 Å². The van der Waals surface area contributed by atoms with Crippen molar-refractivity contribution in [2.75, 3.05) is 0 Å². The van der Waals surface area contributed by atoms with Gasteiger partial charge in [0.25, 0.3) is 0 Å². The van der Waals surface area contributed by atoms with Gasteiger partial charge in [-0.2, -0.15) is 0 Å². The van der Waals surface area contributed by atoms with Crippen LogP contribution in [0.5, 0.6) is 0 Å². The fourth-order valence-electron chi connectivity index (χ4n) is 13.2. The first kappa shape index (κ1) is 36.0. The van der Waals surface area contributed by atoms with Gasteiger partial charge in [-0.15, -0.1) is 0 Å². The molecule has 10 aliphatic rings. The van der Waals surface area contributed by atoms with Crippen molar-refractivity contribution in [3.8, 4) is 0 Å². The fourth-order valence-corrected chi connectivity index (χ4v) is 13.2. The Bertz CT molecular complexity index is 1540. The maximum Gasteiger partial charge on any atom is 0.407 e. The molecule has 2 aromatic carbocycles. The molecule has 2 amide bonds. The molecule has 0 aliphatic heterocycles. The molecule has 54 heavy (non-hydrogen) atoms. The molecule has 2 aromatic rings. The molecule has 0 aromatic heterocycles. The Kier molecular flexibility index (Phi) is 9.41. The molecule has 2 N–H and O–H groups in total. The zero-order valence-corrected chi connectivity index (χ0v) is 32.1. The maximum atomic E-state index is 12.6. The predicted octanol–water partition coefficient (Wildman–Crippen LogP) is 9.18. The lowest BCUT2D eigenvalue weighted by atomic mass is 9.53. The molecule has 10 fully saturated rings. The lowest BCUT2D eigenvalue weighted by molar-refractivity contribution is -0.0227. The highest BCUT2D eigenvalue weighted by Crippen LogP contribution is 2.57. The van der Waals surface area contributed by atoms with E-state index in [0.717, 1.165) is 98.0 Å². The van der Waals surface area contributed by atoms with Crippen LogP contribution in [0, 0.1) is 59.2 Å². The van der Waals surface area contributed by atoms with E-state index in [2.05, 4.69) is 10.6 Å². The smallest absolute Gasteiger partial charge is 0.407 e. The van der Waals surface area contributed by atoms with Crippen molar-refractivity contribution in [1.29, 1.82) is 0 Å². The van der Waals surface area contributed by atoms with Gasteiger partial charge in [0.05, 0.1) is 0 Å². The number of amides is 2. The van der Waals surface area contributed by atoms with Crippen LogP contribution in [0.3, 0.4) is 0 Å². The minimum atomic E-state index is -0.276. The molecule has 10 saturated carbocycles. The third-order valence-corrected chi connectivity index (χ3v) is 15.1. The van der Waals surface area contributed by atoms with E-state index in [4.69, 9.17) is 9.47 Å². The van der Waals surface area contributed by atoms with E-state index in [-0.39, 0.29) is 70.7 Å². The molecule has 10 aliphatic carbocycles. The normalized spacial score (nSPS) is 39.7. The minimum absolute atomic E-state index is 0.00486. The second-order valence-electron chi connectivity index (χ2n) is 19.3. The Hall–Kier alpha value is -3.68. The Balaban J connectivity index is 0.000000142. The molecule has 8 heteroatoms. The number of rotatable bonds is 10. The third-order valence-electron chi connectivity index (χ3n) is 15.1. The van der Waals surface area contributed by atoms with Crippen LogP contribution < -0.4 is 10.6 Å². The Morgan fingerprint density at radius 1 is 0.500 bits per heavy atom. The first-order chi connectivity index (χ1) is 26.0. The molecule has 0 radical (unpaired) electrons. The SMILES string of the molecule is C[C@H](OC(=O)NC12CC3CC(CC(C3)C1)C2)[C@@H]1C[C@H]1C(=O)c1ccccc1.C[C@H](OC(=O)NC12CC3CC(CC(C3)C1)C2)[C@@H]1C[C@H]1C(=O)c1ccccc1. The van der Waals surface area contributed by atoms with Gasteiger partial charge in [0.15, 0.2) is 11.6 Å². The zero-order valence-electron chi connectivity index (χ0n) is 32.1. The lowest BCUT2D eigenvalue weighted by Crippen LogP contribution is -2.60. The summed E-state index contributed by atoms with van der Waals surface area (Å²) in [7, 11) is 0. The van der Waals surface area contributed by atoms with E-state index < -0.39 is 0 Å². The summed E-state index contributed by atoms with van der Waals surface area (Å²) < 4.78 is 11.5. The van der Waals surface area contributed by atoms with Crippen molar-refractivity contribution in [2.45, 2.75) is 127 Å². The first-order valence-corrected chi connectivity index (χ1v) is 21.2. The summed E-state index contributed by atoms with van der Waals surface area (Å²) in [5.74, 6) is 5.43. The van der Waals surface area contributed by atoms with E-state index in [0.29, 0.717) is 0 Å². The number of ether oxygens (including phenoxy) is 2. The van der Waals surface area contributed by atoms with Crippen molar-refractivity contribution in [3.05, 3.63) is 71.8 Å². The molecule has 12 rings (SSSR count). The topological polar surface area (TPSA) is 111 Å². The Morgan fingerprint density at radius 2 is 0.796 bits per heavy atom. The van der Waals surface area contributed by atoms with Gasteiger partial charge in [-0.3, -0.25) is 9.59 Å². The quantitative estimate of drug-likeness (QED) is 0.236. The maximum absolute atomic E-state index is 12.6. The standard InChI is InChI=1S/2C23H29NO3/c2*1-14(19-10-20(19)21(25)18-5-3-2-4-6-18)27-22(26)24-23-11-15-7-16(12-23)9-17(8-15)13-23/h2*2-6,14-17,19-20H,7-13H2,1H3,(H,24,26)/t2*14-,15?,16?,17?,19-,20+,23?/m00/s1. The summed E-state index contributed by atoms with van der Waals surface area (Å²) in [4.78, 5) is 50.3. The van der Waals surface area contributed by atoms with Gasteiger partial charge in [-0.25, -0.2) is 9.59 Å². The molecular weight excluding hydrogens is 677 g/mol. The third kappa shape index (κ3) is 7.47. The number of Topliss-reactive ketones (excluding diaryl/α,β-unsaturated/α-hetero) is 2. The number of ketones is 2. The summed E-state index contributed by atoms with van der Waals surface area (Å²) in [5.41, 5.74) is 1.48. The van der Waals surface area contributed by atoms with Crippen molar-refractivity contribution in [3.63, 3.8) is 0 Å². The number of carbonyl (C=O) groups is 4. The molecule has 6 atom stereocenters. The lowest BCUT2D eigenvalue weighted by Gasteiger charge is -2.56. The molecule has 288 valence electrons. The van der Waals surface area contributed by atoms with Crippen molar-refractivity contribution in [1.82, 2.24) is 10.6 Å². The Labute approximate surface area is 320 Å². The van der Waals surface area contributed by atoms with Crippen LogP contribution in [0.15, 0.2) is 60.7 Å². The summed E-state index contributed by atoms with van der Waals surface area (Å²) in [6.07, 6.45) is 15.6. The van der Waals surface area contributed by atoms with E-state index in [1.54, 1.807) is 0 Å². The molecule has 8 nitrogen and oxygen atoms in total. The molecule has 0 unspecified atom stereocenters. The van der Waals surface area contributed by atoms with Crippen molar-refractivity contribution in [2.24, 2.45) is 59.2 Å². The van der Waals surface area contributed by atoms with E-state index in [1.807, 2.05) is 74.5 Å². The Morgan fingerprint density at radius 3 is 1.09 bits per heavy atom. The average molecular weight is 735 g/mol. The zero-order chi connectivity index (χ0) is 37.2. The molecular formula is C46H58N2O6. The van der Waals surface area contributed by atoms with Crippen LogP contribution >= 0.6 is 0 Å². The highest BCUT2D eigenvalue weighted by molar-refractivity contribution is 6.00. The number of benzene rings is 2. The summed E-state index contributed by atoms with van der Waals surface area (Å²) in [6, 6.07) is 18.9. The average Bonchev–Trinajstić information content (AvgIpc) is 4.05. The van der Waals surface area contributed by atoms with Gasteiger partial charge in [-0.1, -0.05) is 60.7 Å². The second kappa shape index (κ2) is 14.1. The first-order valence-electron chi connectivity index (χ1n) is 21.2. The van der Waals surface area contributed by atoms with Crippen LogP contribution in [0.25, 0.3) is 0 Å². The molecule has 8 bridgehead atoms. The summed E-state index contributed by atoms with van der Waals surface area (Å²) in [5, 5.41) is 6.54. The van der Waals surface area contributed by atoms with Crippen LogP contribution in [-0.4, -0.2) is 47.0 Å². The number of hydrogen-bond acceptors (Lipinski definition) is 6. The van der Waals surface area contributed by atoms with Crippen LogP contribution in [-0.2, 0) is 9.47 Å². The summed E-state index contributed by atoms with van der Waals surface area (Å²) >= 11 is 0. The summed E-state index contributed by atoms with van der Waals surface area (Å²) in [6.45, 7) is 3.87. The van der Waals surface area contributed by atoms with Gasteiger partial charge in [0, 0.05) is 45.9 Å². The van der Waals surface area contributed by atoms with E-state index >= 15 is 0 Å². The van der Waals surface area contributed by atoms with E-state index in [9.17, 15) is 19.2 Å². The van der Waals surface area contributed by atoms with Gasteiger partial charge < -0.3 is 20.1 Å². The number of carbonyl (C=O) groups excluding carboxylic acids is 4. The number of alkyl carbamates (subject to hydrolysis) is 2. The number of hydrogen-bond donors (Lipinski definition) is 2. The van der Waals surface area contributed by atoms with Crippen molar-refractivity contribution >= 4 is 23.8 Å². The molecule has 0 heterocycles.